The lowest BCUT2D eigenvalue weighted by molar-refractivity contribution is -0.146. The highest BCUT2D eigenvalue weighted by molar-refractivity contribution is 5.75. The fourth-order valence-corrected chi connectivity index (χ4v) is 1.63. The van der Waals surface area contributed by atoms with Gasteiger partial charge in [-0.2, -0.15) is 0 Å². The normalized spacial score (nSPS) is 23.9. The van der Waals surface area contributed by atoms with Crippen LogP contribution in [-0.4, -0.2) is 31.3 Å². The van der Waals surface area contributed by atoms with Crippen molar-refractivity contribution in [1.82, 2.24) is 5.06 Å². The first-order valence-electron chi connectivity index (χ1n) is 5.34. The molecule has 0 N–H and O–H groups in total. The number of nitrogens with zero attached hydrogens (tertiary/aromatic N) is 1. The maximum Gasteiger partial charge on any atom is 0.325 e. The first kappa shape index (κ1) is 11.9. The molecule has 92 valence electrons. The Hall–Kier alpha value is -1.59. The van der Waals surface area contributed by atoms with Crippen LogP contribution in [0.25, 0.3) is 0 Å². The number of ether oxygens (including phenoxy) is 2. The molecule has 1 aromatic rings. The van der Waals surface area contributed by atoms with Crippen LogP contribution in [0.1, 0.15) is 18.7 Å². The van der Waals surface area contributed by atoms with Crippen molar-refractivity contribution in [1.29, 1.82) is 0 Å². The van der Waals surface area contributed by atoms with Crippen LogP contribution in [0.15, 0.2) is 24.3 Å². The van der Waals surface area contributed by atoms with Crippen molar-refractivity contribution in [3.63, 3.8) is 0 Å². The van der Waals surface area contributed by atoms with Gasteiger partial charge in [0.15, 0.2) is 6.23 Å². The summed E-state index contributed by atoms with van der Waals surface area (Å²) in [5.74, 6) is 0.489. The van der Waals surface area contributed by atoms with Gasteiger partial charge in [0.2, 0.25) is 0 Å². The SMILES string of the molecule is COC(=O)[C@H](C)N1OC1c1ccc(OC)cc1. The zero-order valence-electron chi connectivity index (χ0n) is 10.0. The van der Waals surface area contributed by atoms with E-state index in [0.29, 0.717) is 0 Å². The van der Waals surface area contributed by atoms with E-state index >= 15 is 0 Å². The topological polar surface area (TPSA) is 51.1 Å². The van der Waals surface area contributed by atoms with Crippen LogP contribution < -0.4 is 4.74 Å². The third-order valence-electron chi connectivity index (χ3n) is 2.73. The highest BCUT2D eigenvalue weighted by atomic mass is 16.8. The number of methoxy groups -OCH3 is 2. The Bertz CT molecular complexity index is 403. The highest BCUT2D eigenvalue weighted by Gasteiger charge is 2.44. The molecule has 2 rings (SSSR count). The molecule has 5 nitrogen and oxygen atoms in total. The smallest absolute Gasteiger partial charge is 0.325 e. The Morgan fingerprint density at radius 1 is 1.35 bits per heavy atom. The average molecular weight is 237 g/mol. The van der Waals surface area contributed by atoms with Gasteiger partial charge in [0.05, 0.1) is 14.2 Å². The van der Waals surface area contributed by atoms with Crippen LogP contribution in [0.2, 0.25) is 0 Å². The summed E-state index contributed by atoms with van der Waals surface area (Å²) in [6, 6.07) is 7.14. The van der Waals surface area contributed by atoms with Gasteiger partial charge in [-0.3, -0.25) is 9.63 Å². The van der Waals surface area contributed by atoms with Crippen molar-refractivity contribution in [2.75, 3.05) is 14.2 Å². The number of carbonyl (C=O) groups is 1. The summed E-state index contributed by atoms with van der Waals surface area (Å²) in [5, 5.41) is 1.60. The van der Waals surface area contributed by atoms with Gasteiger partial charge >= 0.3 is 5.97 Å². The molecule has 1 heterocycles. The zero-order valence-corrected chi connectivity index (χ0v) is 10.0. The monoisotopic (exact) mass is 237 g/mol. The first-order chi connectivity index (χ1) is 8.17. The van der Waals surface area contributed by atoms with Crippen LogP contribution in [0, 0.1) is 0 Å². The number of hydrogen-bond acceptors (Lipinski definition) is 5. The quantitative estimate of drug-likeness (QED) is 0.586. The van der Waals surface area contributed by atoms with Crippen LogP contribution in [0.3, 0.4) is 0 Å². The minimum Gasteiger partial charge on any atom is -0.497 e. The first-order valence-corrected chi connectivity index (χ1v) is 5.34. The number of rotatable bonds is 4. The van der Waals surface area contributed by atoms with Crippen LogP contribution in [0.5, 0.6) is 5.75 Å². The summed E-state index contributed by atoms with van der Waals surface area (Å²) in [6.07, 6.45) is -0.171. The fourth-order valence-electron chi connectivity index (χ4n) is 1.63. The van der Waals surface area contributed by atoms with E-state index in [4.69, 9.17) is 9.57 Å². The molecule has 17 heavy (non-hydrogen) atoms. The molecule has 1 saturated heterocycles. The van der Waals surface area contributed by atoms with E-state index in [2.05, 4.69) is 4.74 Å². The highest BCUT2D eigenvalue weighted by Crippen LogP contribution is 2.39. The molecular weight excluding hydrogens is 222 g/mol. The molecule has 5 heteroatoms. The summed E-state index contributed by atoms with van der Waals surface area (Å²) < 4.78 is 9.72. The Morgan fingerprint density at radius 3 is 2.53 bits per heavy atom. The second-order valence-electron chi connectivity index (χ2n) is 3.79. The molecule has 0 bridgehead atoms. The number of hydrogen-bond donors (Lipinski definition) is 0. The summed E-state index contributed by atoms with van der Waals surface area (Å²) in [6.45, 7) is 1.75. The molecule has 3 atom stereocenters. The lowest BCUT2D eigenvalue weighted by Crippen LogP contribution is -2.26. The minimum absolute atomic E-state index is 0.171. The van der Waals surface area contributed by atoms with Crippen LogP contribution in [-0.2, 0) is 14.4 Å². The van der Waals surface area contributed by atoms with E-state index < -0.39 is 6.04 Å². The predicted molar refractivity (Wildman–Crippen MR) is 60.1 cm³/mol. The third-order valence-corrected chi connectivity index (χ3v) is 2.73. The zero-order chi connectivity index (χ0) is 12.4. The molecule has 0 spiro atoms. The Kier molecular flexibility index (Phi) is 3.31. The molecule has 0 radical (unpaired) electrons. The molecule has 0 aromatic heterocycles. The second-order valence-corrected chi connectivity index (χ2v) is 3.79. The van der Waals surface area contributed by atoms with Crippen LogP contribution >= 0.6 is 0 Å². The number of hydroxylamine groups is 2. The number of esters is 1. The standard InChI is InChI=1S/C12H15NO4/c1-8(12(14)16-3)13-11(17-13)9-4-6-10(15-2)7-5-9/h4-8,11H,1-3H3/t8-,11?,13?/m0/s1. The Balaban J connectivity index is 2.00. The fraction of sp³-hybridized carbons (Fsp3) is 0.417. The van der Waals surface area contributed by atoms with Crippen LogP contribution in [0.4, 0.5) is 0 Å². The van der Waals surface area contributed by atoms with Crippen molar-refractivity contribution in [3.05, 3.63) is 29.8 Å². The molecular formula is C12H15NO4. The third kappa shape index (κ3) is 2.40. The molecule has 0 saturated carbocycles. The summed E-state index contributed by atoms with van der Waals surface area (Å²) in [7, 11) is 2.99. The van der Waals surface area contributed by atoms with Gasteiger partial charge in [-0.15, -0.1) is 5.06 Å². The largest absolute Gasteiger partial charge is 0.497 e. The maximum atomic E-state index is 11.3. The maximum absolute atomic E-state index is 11.3. The van der Waals surface area contributed by atoms with Gasteiger partial charge < -0.3 is 9.47 Å². The minimum atomic E-state index is -0.396. The van der Waals surface area contributed by atoms with E-state index in [1.807, 2.05) is 24.3 Å². The molecule has 0 aliphatic carbocycles. The predicted octanol–water partition coefficient (Wildman–Crippen LogP) is 1.50. The molecule has 0 amide bonds. The number of carbonyl (C=O) groups excluding carboxylic acids is 1. The van der Waals surface area contributed by atoms with Gasteiger partial charge in [0.1, 0.15) is 11.8 Å². The van der Waals surface area contributed by atoms with Gasteiger partial charge in [-0.05, 0) is 24.6 Å². The van der Waals surface area contributed by atoms with Crippen molar-refractivity contribution < 1.29 is 19.1 Å². The van der Waals surface area contributed by atoms with Gasteiger partial charge in [-0.1, -0.05) is 12.1 Å². The van der Waals surface area contributed by atoms with E-state index in [0.717, 1.165) is 11.3 Å². The Labute approximate surface area is 99.8 Å². The Morgan fingerprint density at radius 2 is 2.00 bits per heavy atom. The van der Waals surface area contributed by atoms with E-state index in [1.165, 1.54) is 7.11 Å². The van der Waals surface area contributed by atoms with E-state index in [1.54, 1.807) is 19.1 Å². The average Bonchev–Trinajstić information content (AvgIpc) is 3.17. The van der Waals surface area contributed by atoms with Crippen molar-refractivity contribution in [3.8, 4) is 5.75 Å². The molecule has 1 aliphatic heterocycles. The molecule has 1 aromatic carbocycles. The van der Waals surface area contributed by atoms with Crippen molar-refractivity contribution in [2.45, 2.75) is 19.2 Å². The lowest BCUT2D eigenvalue weighted by atomic mass is 10.2. The number of benzene rings is 1. The lowest BCUT2D eigenvalue weighted by Gasteiger charge is -2.07. The molecule has 1 aliphatic rings. The summed E-state index contributed by atoms with van der Waals surface area (Å²) in [4.78, 5) is 16.7. The molecule has 2 unspecified atom stereocenters. The van der Waals surface area contributed by atoms with Gasteiger partial charge in [-0.25, -0.2) is 0 Å². The van der Waals surface area contributed by atoms with Crippen molar-refractivity contribution >= 4 is 5.97 Å². The van der Waals surface area contributed by atoms with Crippen molar-refractivity contribution in [2.24, 2.45) is 0 Å². The summed E-state index contributed by atoms with van der Waals surface area (Å²) in [5.41, 5.74) is 0.988. The second kappa shape index (κ2) is 4.73. The summed E-state index contributed by atoms with van der Waals surface area (Å²) >= 11 is 0. The van der Waals surface area contributed by atoms with Gasteiger partial charge in [0, 0.05) is 0 Å². The van der Waals surface area contributed by atoms with Gasteiger partial charge in [0.25, 0.3) is 0 Å². The van der Waals surface area contributed by atoms with E-state index in [9.17, 15) is 4.79 Å². The molecule has 1 fully saturated rings. The van der Waals surface area contributed by atoms with E-state index in [-0.39, 0.29) is 12.2 Å².